The molecule has 1 aromatic carbocycles. The highest BCUT2D eigenvalue weighted by atomic mass is 32.1. The lowest BCUT2D eigenvalue weighted by molar-refractivity contribution is 0.0697. The number of benzene rings is 1. The second kappa shape index (κ2) is 6.85. The summed E-state index contributed by atoms with van der Waals surface area (Å²) >= 11 is 5.07. The van der Waals surface area contributed by atoms with E-state index in [0.29, 0.717) is 17.2 Å². The Morgan fingerprint density at radius 2 is 1.94 bits per heavy atom. The Morgan fingerprint density at radius 3 is 2.47 bits per heavy atom. The SMILES string of the molecule is CCCNC(=S)NCc1ccc(C(=O)O)cc1. The van der Waals surface area contributed by atoms with Gasteiger partial charge in [0.2, 0.25) is 0 Å². The van der Waals surface area contributed by atoms with E-state index in [1.54, 1.807) is 24.3 Å². The van der Waals surface area contributed by atoms with Gasteiger partial charge in [-0.1, -0.05) is 19.1 Å². The van der Waals surface area contributed by atoms with Crippen molar-refractivity contribution in [1.82, 2.24) is 10.6 Å². The van der Waals surface area contributed by atoms with Gasteiger partial charge in [-0.2, -0.15) is 0 Å². The van der Waals surface area contributed by atoms with E-state index in [-0.39, 0.29) is 0 Å². The van der Waals surface area contributed by atoms with Crippen LogP contribution < -0.4 is 10.6 Å². The number of carboxylic acids is 1. The Bertz CT molecular complexity index is 390. The van der Waals surface area contributed by atoms with Gasteiger partial charge in [0.1, 0.15) is 0 Å². The highest BCUT2D eigenvalue weighted by Crippen LogP contribution is 2.03. The number of hydrogen-bond donors (Lipinski definition) is 3. The quantitative estimate of drug-likeness (QED) is 0.697. The summed E-state index contributed by atoms with van der Waals surface area (Å²) in [5, 5.41) is 15.5. The number of carbonyl (C=O) groups is 1. The Morgan fingerprint density at radius 1 is 1.29 bits per heavy atom. The molecular formula is C12H16N2O2S. The molecule has 1 rings (SSSR count). The van der Waals surface area contributed by atoms with Gasteiger partial charge in [0.05, 0.1) is 5.56 Å². The maximum absolute atomic E-state index is 10.7. The monoisotopic (exact) mass is 252 g/mol. The van der Waals surface area contributed by atoms with E-state index in [2.05, 4.69) is 17.6 Å². The third-order valence-corrected chi connectivity index (χ3v) is 2.48. The number of aromatic carboxylic acids is 1. The molecule has 17 heavy (non-hydrogen) atoms. The van der Waals surface area contributed by atoms with E-state index in [4.69, 9.17) is 17.3 Å². The lowest BCUT2D eigenvalue weighted by atomic mass is 10.1. The Hall–Kier alpha value is -1.62. The van der Waals surface area contributed by atoms with Crippen molar-refractivity contribution in [2.75, 3.05) is 6.54 Å². The average Bonchev–Trinajstić information content (AvgIpc) is 2.34. The van der Waals surface area contributed by atoms with Crippen molar-refractivity contribution in [3.05, 3.63) is 35.4 Å². The van der Waals surface area contributed by atoms with Crippen LogP contribution >= 0.6 is 12.2 Å². The molecule has 1 aromatic rings. The molecule has 0 aromatic heterocycles. The summed E-state index contributed by atoms with van der Waals surface area (Å²) in [5.41, 5.74) is 1.29. The molecular weight excluding hydrogens is 236 g/mol. The minimum absolute atomic E-state index is 0.292. The summed E-state index contributed by atoms with van der Waals surface area (Å²) in [6, 6.07) is 6.72. The summed E-state index contributed by atoms with van der Waals surface area (Å²) in [5.74, 6) is -0.912. The first-order valence-electron chi connectivity index (χ1n) is 5.47. The molecule has 0 aliphatic heterocycles. The van der Waals surface area contributed by atoms with Crippen LogP contribution in [0.3, 0.4) is 0 Å². The molecule has 0 aliphatic carbocycles. The Kier molecular flexibility index (Phi) is 5.42. The van der Waals surface area contributed by atoms with Gasteiger partial charge in [-0.15, -0.1) is 0 Å². The zero-order valence-corrected chi connectivity index (χ0v) is 10.5. The summed E-state index contributed by atoms with van der Waals surface area (Å²) < 4.78 is 0. The van der Waals surface area contributed by atoms with E-state index < -0.39 is 5.97 Å². The minimum atomic E-state index is -0.912. The van der Waals surface area contributed by atoms with Crippen molar-refractivity contribution in [3.63, 3.8) is 0 Å². The second-order valence-corrected chi connectivity index (χ2v) is 4.02. The van der Waals surface area contributed by atoms with Crippen molar-refractivity contribution in [2.45, 2.75) is 19.9 Å². The van der Waals surface area contributed by atoms with Gasteiger partial charge in [0.15, 0.2) is 5.11 Å². The molecule has 4 nitrogen and oxygen atoms in total. The largest absolute Gasteiger partial charge is 0.478 e. The van der Waals surface area contributed by atoms with E-state index in [1.165, 1.54) is 0 Å². The van der Waals surface area contributed by atoms with Crippen LogP contribution in [-0.2, 0) is 6.54 Å². The molecule has 0 spiro atoms. The lowest BCUT2D eigenvalue weighted by Crippen LogP contribution is -2.35. The zero-order chi connectivity index (χ0) is 12.7. The lowest BCUT2D eigenvalue weighted by Gasteiger charge is -2.09. The fraction of sp³-hybridized carbons (Fsp3) is 0.333. The van der Waals surface area contributed by atoms with Crippen molar-refractivity contribution in [2.24, 2.45) is 0 Å². The Balaban J connectivity index is 2.42. The molecule has 3 N–H and O–H groups in total. The molecule has 0 bridgehead atoms. The molecule has 0 aliphatic rings. The number of nitrogens with one attached hydrogen (secondary N) is 2. The van der Waals surface area contributed by atoms with Gasteiger partial charge in [-0.3, -0.25) is 0 Å². The van der Waals surface area contributed by atoms with Gasteiger partial charge < -0.3 is 15.7 Å². The number of rotatable bonds is 5. The molecule has 0 saturated carbocycles. The fourth-order valence-electron chi connectivity index (χ4n) is 1.25. The van der Waals surface area contributed by atoms with Crippen LogP contribution in [0.2, 0.25) is 0 Å². The van der Waals surface area contributed by atoms with Crippen LogP contribution in [0.4, 0.5) is 0 Å². The molecule has 0 saturated heterocycles. The zero-order valence-electron chi connectivity index (χ0n) is 9.69. The second-order valence-electron chi connectivity index (χ2n) is 3.61. The van der Waals surface area contributed by atoms with Crippen molar-refractivity contribution >= 4 is 23.3 Å². The third kappa shape index (κ3) is 4.82. The van der Waals surface area contributed by atoms with Gasteiger partial charge in [0, 0.05) is 13.1 Å². The van der Waals surface area contributed by atoms with Crippen LogP contribution in [0, 0.1) is 0 Å². The number of thiocarbonyl (C=S) groups is 1. The maximum atomic E-state index is 10.7. The van der Waals surface area contributed by atoms with Crippen molar-refractivity contribution in [3.8, 4) is 0 Å². The molecule has 0 atom stereocenters. The fourth-order valence-corrected chi connectivity index (χ4v) is 1.42. The van der Waals surface area contributed by atoms with Crippen LogP contribution in [-0.4, -0.2) is 22.7 Å². The first-order chi connectivity index (χ1) is 8.13. The first-order valence-corrected chi connectivity index (χ1v) is 5.88. The molecule has 0 radical (unpaired) electrons. The molecule has 0 fully saturated rings. The standard InChI is InChI=1S/C12H16N2O2S/c1-2-7-13-12(17)14-8-9-3-5-10(6-4-9)11(15)16/h3-6H,2,7-8H2,1H3,(H,15,16)(H2,13,14,17). The van der Waals surface area contributed by atoms with Gasteiger partial charge in [-0.25, -0.2) is 4.79 Å². The molecule has 92 valence electrons. The van der Waals surface area contributed by atoms with Crippen molar-refractivity contribution < 1.29 is 9.90 Å². The van der Waals surface area contributed by atoms with Crippen LogP contribution in [0.15, 0.2) is 24.3 Å². The van der Waals surface area contributed by atoms with Gasteiger partial charge >= 0.3 is 5.97 Å². The summed E-state index contributed by atoms with van der Waals surface area (Å²) in [7, 11) is 0. The highest BCUT2D eigenvalue weighted by Gasteiger charge is 2.01. The smallest absolute Gasteiger partial charge is 0.335 e. The third-order valence-electron chi connectivity index (χ3n) is 2.19. The molecule has 5 heteroatoms. The molecule has 0 amide bonds. The van der Waals surface area contributed by atoms with Crippen molar-refractivity contribution in [1.29, 1.82) is 0 Å². The number of carboxylic acid groups (broad SMARTS) is 1. The van der Waals surface area contributed by atoms with Gasteiger partial charge in [-0.05, 0) is 36.3 Å². The minimum Gasteiger partial charge on any atom is -0.478 e. The average molecular weight is 252 g/mol. The van der Waals surface area contributed by atoms with E-state index in [0.717, 1.165) is 18.5 Å². The normalized spacial score (nSPS) is 9.71. The molecule has 0 heterocycles. The first kappa shape index (κ1) is 13.4. The summed E-state index contributed by atoms with van der Waals surface area (Å²) in [4.78, 5) is 10.7. The molecule has 0 unspecified atom stereocenters. The maximum Gasteiger partial charge on any atom is 0.335 e. The van der Waals surface area contributed by atoms with Crippen LogP contribution in [0.5, 0.6) is 0 Å². The number of hydrogen-bond acceptors (Lipinski definition) is 2. The predicted octanol–water partition coefficient (Wildman–Crippen LogP) is 1.76. The Labute approximate surface area is 106 Å². The highest BCUT2D eigenvalue weighted by molar-refractivity contribution is 7.80. The summed E-state index contributed by atoms with van der Waals surface area (Å²) in [6.07, 6.45) is 1.02. The topological polar surface area (TPSA) is 61.4 Å². The summed E-state index contributed by atoms with van der Waals surface area (Å²) in [6.45, 7) is 3.51. The van der Waals surface area contributed by atoms with E-state index in [1.807, 2.05) is 0 Å². The van der Waals surface area contributed by atoms with E-state index >= 15 is 0 Å². The van der Waals surface area contributed by atoms with Crippen LogP contribution in [0.25, 0.3) is 0 Å². The predicted molar refractivity (Wildman–Crippen MR) is 71.1 cm³/mol. The van der Waals surface area contributed by atoms with E-state index in [9.17, 15) is 4.79 Å². The van der Waals surface area contributed by atoms with Gasteiger partial charge in [0.25, 0.3) is 0 Å². The van der Waals surface area contributed by atoms with Crippen LogP contribution in [0.1, 0.15) is 29.3 Å².